The molecule has 248 valence electrons. The summed E-state index contributed by atoms with van der Waals surface area (Å²) in [7, 11) is -4.24. The van der Waals surface area contributed by atoms with E-state index >= 15 is 0 Å². The van der Waals surface area contributed by atoms with Crippen LogP contribution in [0.25, 0.3) is 5.57 Å². The second-order valence-electron chi connectivity index (χ2n) is 13.4. The number of carbonyl (C=O) groups is 1. The molecule has 46 heavy (non-hydrogen) atoms. The highest BCUT2D eigenvalue weighted by molar-refractivity contribution is 7.94. The quantitative estimate of drug-likeness (QED) is 0.214. The maximum absolute atomic E-state index is 15.0. The summed E-state index contributed by atoms with van der Waals surface area (Å²) in [4.78, 5) is 20.3. The number of sulfonamides is 1. The maximum Gasteiger partial charge on any atom is 0.247 e. The molecule has 2 aromatic heterocycles. The zero-order chi connectivity index (χ0) is 33.1. The third-order valence-corrected chi connectivity index (χ3v) is 11.4. The smallest absolute Gasteiger partial charge is 0.247 e. The van der Waals surface area contributed by atoms with Gasteiger partial charge >= 0.3 is 0 Å². The number of hydrogen-bond acceptors (Lipinski definition) is 7. The third-order valence-electron chi connectivity index (χ3n) is 9.44. The Balaban J connectivity index is 1.62. The van der Waals surface area contributed by atoms with Gasteiger partial charge in [-0.25, -0.2) is 22.8 Å². The molecular formula is C35H48N6O4S. The molecule has 1 N–H and O–H groups in total. The molecule has 3 aromatic rings. The van der Waals surface area contributed by atoms with Crippen molar-refractivity contribution in [3.05, 3.63) is 76.5 Å². The van der Waals surface area contributed by atoms with Gasteiger partial charge in [-0.1, -0.05) is 88.2 Å². The molecule has 0 spiro atoms. The number of unbranched alkanes of at least 4 members (excludes halogenated alkanes) is 2. The molecule has 1 saturated heterocycles. The third kappa shape index (κ3) is 6.70. The molecule has 1 unspecified atom stereocenters. The van der Waals surface area contributed by atoms with E-state index in [1.807, 2.05) is 61.0 Å². The zero-order valence-electron chi connectivity index (χ0n) is 28.1. The number of hydrogen-bond donors (Lipinski definition) is 1. The van der Waals surface area contributed by atoms with Crippen molar-refractivity contribution in [3.8, 4) is 0 Å². The Kier molecular flexibility index (Phi) is 9.91. The summed E-state index contributed by atoms with van der Waals surface area (Å²) in [6, 6.07) is 9.57. The van der Waals surface area contributed by atoms with E-state index in [4.69, 9.17) is 14.6 Å². The molecule has 0 radical (unpaired) electrons. The van der Waals surface area contributed by atoms with Gasteiger partial charge in [-0.2, -0.15) is 5.10 Å². The van der Waals surface area contributed by atoms with Crippen LogP contribution >= 0.6 is 0 Å². The first-order valence-corrected chi connectivity index (χ1v) is 18.0. The van der Waals surface area contributed by atoms with Crippen LogP contribution in [0.5, 0.6) is 0 Å². The van der Waals surface area contributed by atoms with Gasteiger partial charge in [0.1, 0.15) is 10.6 Å². The number of allylic oxidation sites excluding steroid dienone is 3. The summed E-state index contributed by atoms with van der Waals surface area (Å²) < 4.78 is 38.6. The number of nitrogens with one attached hydrogen (secondary N) is 1. The summed E-state index contributed by atoms with van der Waals surface area (Å²) in [5.41, 5.74) is 2.97. The van der Waals surface area contributed by atoms with E-state index in [0.29, 0.717) is 36.3 Å². The molecule has 1 amide bonds. The predicted octanol–water partition coefficient (Wildman–Crippen LogP) is 6.42. The summed E-state index contributed by atoms with van der Waals surface area (Å²) in [5, 5.41) is 8.89. The zero-order valence-corrected chi connectivity index (χ0v) is 28.9. The molecule has 3 heterocycles. The van der Waals surface area contributed by atoms with Crippen LogP contribution in [-0.4, -0.2) is 57.0 Å². The van der Waals surface area contributed by atoms with Crippen LogP contribution in [0.3, 0.4) is 0 Å². The number of likely N-dealkylation sites (tertiary alicyclic amines) is 1. The van der Waals surface area contributed by atoms with Crippen LogP contribution in [0.15, 0.2) is 52.6 Å². The highest BCUT2D eigenvalue weighted by atomic mass is 32.2. The Morgan fingerprint density at radius 3 is 2.37 bits per heavy atom. The Hall–Kier alpha value is -3.73. The molecule has 10 nitrogen and oxygen atoms in total. The van der Waals surface area contributed by atoms with Gasteiger partial charge in [0.05, 0.1) is 12.2 Å². The number of amides is 1. The van der Waals surface area contributed by atoms with E-state index in [9.17, 15) is 13.2 Å². The van der Waals surface area contributed by atoms with Crippen LogP contribution in [-0.2, 0) is 34.2 Å². The van der Waals surface area contributed by atoms with Crippen molar-refractivity contribution >= 4 is 27.4 Å². The van der Waals surface area contributed by atoms with E-state index in [-0.39, 0.29) is 24.8 Å². The van der Waals surface area contributed by atoms with E-state index in [1.165, 1.54) is 0 Å². The number of aromatic nitrogens is 4. The normalized spacial score (nSPS) is 19.8. The molecule has 11 heteroatoms. The van der Waals surface area contributed by atoms with E-state index in [1.54, 1.807) is 18.7 Å². The largest absolute Gasteiger partial charge is 0.340 e. The van der Waals surface area contributed by atoms with Crippen molar-refractivity contribution in [2.75, 3.05) is 17.8 Å². The maximum atomic E-state index is 15.0. The Labute approximate surface area is 273 Å². The lowest BCUT2D eigenvalue weighted by Crippen LogP contribution is -2.54. The molecule has 0 saturated carbocycles. The van der Waals surface area contributed by atoms with Gasteiger partial charge in [-0.3, -0.25) is 4.79 Å². The van der Waals surface area contributed by atoms with Gasteiger partial charge < -0.3 is 9.42 Å². The highest BCUT2D eigenvalue weighted by Crippen LogP contribution is 2.46. The Morgan fingerprint density at radius 1 is 1.02 bits per heavy atom. The average molecular weight is 649 g/mol. The monoisotopic (exact) mass is 648 g/mol. The van der Waals surface area contributed by atoms with Crippen LogP contribution < -0.4 is 4.72 Å². The first-order chi connectivity index (χ1) is 21.9. The van der Waals surface area contributed by atoms with Crippen LogP contribution in [0.1, 0.15) is 94.7 Å². The topological polar surface area (TPSA) is 123 Å². The first-order valence-electron chi connectivity index (χ1n) is 16.5. The molecule has 5 rings (SSSR count). The Bertz CT molecular complexity index is 1720. The lowest BCUT2D eigenvalue weighted by Gasteiger charge is -2.41. The summed E-state index contributed by atoms with van der Waals surface area (Å²) in [6.07, 6.45) is 10.5. The van der Waals surface area contributed by atoms with Gasteiger partial charge in [-0.15, -0.1) is 0 Å². The van der Waals surface area contributed by atoms with Crippen molar-refractivity contribution in [1.29, 1.82) is 0 Å². The van der Waals surface area contributed by atoms with Crippen LogP contribution in [0.4, 0.5) is 5.88 Å². The summed E-state index contributed by atoms with van der Waals surface area (Å²) in [5.74, 6) is 1.79. The van der Waals surface area contributed by atoms with E-state index in [2.05, 4.69) is 23.7 Å². The number of benzene rings is 1. The van der Waals surface area contributed by atoms with E-state index in [0.717, 1.165) is 61.3 Å². The second-order valence-corrected chi connectivity index (χ2v) is 15.4. The number of carbonyl (C=O) groups excluding carboxylic acids is 1. The average Bonchev–Trinajstić information content (AvgIpc) is 3.65. The van der Waals surface area contributed by atoms with Crippen molar-refractivity contribution in [2.24, 2.45) is 5.41 Å². The Morgan fingerprint density at radius 2 is 1.74 bits per heavy atom. The minimum atomic E-state index is -4.24. The lowest BCUT2D eigenvalue weighted by molar-refractivity contribution is -0.134. The standard InChI is InChI=1S/C35H48N6O4S/c1-7-9-16-30-36-31(17-10-8-2)41(37-30)23-27-18-19-29(28-14-12-11-13-15-28)35(22-27,24-40-21-20-34(5,6)33(40)42)46(43,44)39-32-25(3)26(4)38-45-32/h11-15,18-19,39H,7-10,16-17,20-24H2,1-6H3. The molecule has 1 fully saturated rings. The van der Waals surface area contributed by atoms with Crippen LogP contribution in [0.2, 0.25) is 0 Å². The van der Waals surface area contributed by atoms with Crippen molar-refractivity contribution in [2.45, 2.75) is 104 Å². The minimum Gasteiger partial charge on any atom is -0.340 e. The first kappa shape index (κ1) is 33.6. The molecule has 1 aliphatic heterocycles. The summed E-state index contributed by atoms with van der Waals surface area (Å²) >= 11 is 0. The fourth-order valence-electron chi connectivity index (χ4n) is 6.37. The van der Waals surface area contributed by atoms with Crippen molar-refractivity contribution < 1.29 is 17.7 Å². The highest BCUT2D eigenvalue weighted by Gasteiger charge is 2.53. The van der Waals surface area contributed by atoms with Crippen molar-refractivity contribution in [3.63, 3.8) is 0 Å². The van der Waals surface area contributed by atoms with E-state index < -0.39 is 20.2 Å². The molecule has 0 bridgehead atoms. The lowest BCUT2D eigenvalue weighted by atomic mass is 9.81. The fraction of sp³-hybridized carbons (Fsp3) is 0.543. The number of rotatable bonds is 14. The second kappa shape index (κ2) is 13.6. The molecule has 1 atom stereocenters. The van der Waals surface area contributed by atoms with Crippen molar-refractivity contribution in [1.82, 2.24) is 24.8 Å². The number of aryl methyl sites for hydroxylation is 3. The van der Waals surface area contributed by atoms with Gasteiger partial charge in [0.15, 0.2) is 5.82 Å². The predicted molar refractivity (Wildman–Crippen MR) is 181 cm³/mol. The van der Waals surface area contributed by atoms with Gasteiger partial charge in [0.2, 0.25) is 21.8 Å². The van der Waals surface area contributed by atoms with Gasteiger partial charge in [0.25, 0.3) is 0 Å². The SMILES string of the molecule is CCCCc1nc(CCCC)n(CC2=CC=C(c3ccccc3)C(CN3CCC(C)(C)C3=O)(S(=O)(=O)Nc3onc(C)c3C)C2)n1. The number of anilines is 1. The minimum absolute atomic E-state index is 0.00334. The van der Waals surface area contributed by atoms with Crippen LogP contribution in [0, 0.1) is 19.3 Å². The molecule has 2 aliphatic rings. The number of nitrogens with zero attached hydrogens (tertiary/aromatic N) is 5. The summed E-state index contributed by atoms with van der Waals surface area (Å²) in [6.45, 7) is 12.6. The van der Waals surface area contributed by atoms with Gasteiger partial charge in [0, 0.05) is 36.9 Å². The molecule has 1 aromatic carbocycles. The molecule has 1 aliphatic carbocycles. The fourth-order valence-corrected chi connectivity index (χ4v) is 8.18. The molecular weight excluding hydrogens is 600 g/mol. The van der Waals surface area contributed by atoms with Gasteiger partial charge in [-0.05, 0) is 56.2 Å².